The molecule has 5 unspecified atom stereocenters. The Labute approximate surface area is 258 Å². The van der Waals surface area contributed by atoms with Gasteiger partial charge in [-0.3, -0.25) is 0 Å². The lowest BCUT2D eigenvalue weighted by Crippen LogP contribution is -2.61. The summed E-state index contributed by atoms with van der Waals surface area (Å²) in [5.41, 5.74) is -5.97. The Balaban J connectivity index is 1.67. The highest BCUT2D eigenvalue weighted by Crippen LogP contribution is 2.58. The fraction of sp³-hybridized carbons (Fsp3) is 0.222. The summed E-state index contributed by atoms with van der Waals surface area (Å²) >= 11 is 0. The second-order valence-electron chi connectivity index (χ2n) is 10.0. The topological polar surface area (TPSA) is 351 Å². The Morgan fingerprint density at radius 1 is 0.617 bits per heavy atom. The van der Waals surface area contributed by atoms with E-state index in [2.05, 4.69) is 0 Å². The largest absolute Gasteiger partial charge is 0.504 e. The molecule has 0 radical (unpaired) electrons. The summed E-state index contributed by atoms with van der Waals surface area (Å²) in [7, 11) is 0. The average molecular weight is 666 g/mol. The first kappa shape index (κ1) is 32.2. The summed E-state index contributed by atoms with van der Waals surface area (Å²) in [6.45, 7) is -1.11. The van der Waals surface area contributed by atoms with Gasteiger partial charge in [-0.1, -0.05) is 0 Å². The normalized spacial score (nSPS) is 22.5. The lowest BCUT2D eigenvalue weighted by atomic mass is 9.90. The monoisotopic (exact) mass is 666 g/mol. The van der Waals surface area contributed by atoms with E-state index < -0.39 is 146 Å². The van der Waals surface area contributed by atoms with Crippen LogP contribution in [0.1, 0.15) is 31.1 Å². The number of fused-ring (bicyclic) bond motifs is 5. The minimum absolute atomic E-state index is 0.620. The highest BCUT2D eigenvalue weighted by molar-refractivity contribution is 6.11. The number of aliphatic hydroxyl groups is 2. The van der Waals surface area contributed by atoms with Gasteiger partial charge in [0, 0.05) is 0 Å². The van der Waals surface area contributed by atoms with Crippen molar-refractivity contribution in [3.05, 3.63) is 28.8 Å². The molecule has 3 aromatic rings. The number of ether oxygens (including phenoxy) is 4. The second kappa shape index (κ2) is 11.3. The number of benzene rings is 3. The van der Waals surface area contributed by atoms with Crippen LogP contribution in [0.3, 0.4) is 0 Å². The maximum absolute atomic E-state index is 13.5. The van der Waals surface area contributed by atoms with Gasteiger partial charge in [-0.25, -0.2) is 14.4 Å². The third-order valence-corrected chi connectivity index (χ3v) is 7.24. The van der Waals surface area contributed by atoms with E-state index in [-0.39, 0.29) is 0 Å². The summed E-state index contributed by atoms with van der Waals surface area (Å²) in [6, 6.07) is 1.29. The van der Waals surface area contributed by atoms with Crippen LogP contribution in [0.25, 0.3) is 11.1 Å². The van der Waals surface area contributed by atoms with Crippen molar-refractivity contribution in [2.24, 2.45) is 0 Å². The summed E-state index contributed by atoms with van der Waals surface area (Å²) in [4.78, 5) is 39.6. The van der Waals surface area contributed by atoms with Gasteiger partial charge in [0.1, 0.15) is 29.9 Å². The average Bonchev–Trinajstić information content (AvgIpc) is 3.02. The molecule has 0 aliphatic carbocycles. The van der Waals surface area contributed by atoms with Gasteiger partial charge in [0.25, 0.3) is 0 Å². The van der Waals surface area contributed by atoms with Crippen molar-refractivity contribution in [1.82, 2.24) is 0 Å². The van der Waals surface area contributed by atoms with E-state index in [4.69, 9.17) is 18.9 Å². The molecule has 47 heavy (non-hydrogen) atoms. The quantitative estimate of drug-likeness (QED) is 0.0682. The molecular weight excluding hydrogens is 644 g/mol. The first-order valence-corrected chi connectivity index (χ1v) is 12.8. The smallest absolute Gasteiger partial charge is 0.343 e. The molecule has 2 aliphatic rings. The maximum atomic E-state index is 13.5. The van der Waals surface area contributed by atoms with Crippen molar-refractivity contribution in [3.63, 3.8) is 0 Å². The molecule has 0 saturated carbocycles. The fourth-order valence-electron chi connectivity index (χ4n) is 4.86. The van der Waals surface area contributed by atoms with Crippen molar-refractivity contribution in [2.45, 2.75) is 30.7 Å². The van der Waals surface area contributed by atoms with E-state index in [1.807, 2.05) is 0 Å². The molecule has 2 bridgehead atoms. The minimum Gasteiger partial charge on any atom is -0.504 e. The van der Waals surface area contributed by atoms with Crippen molar-refractivity contribution in [1.29, 1.82) is 0 Å². The molecular formula is C27H22O20. The van der Waals surface area contributed by atoms with Gasteiger partial charge in [-0.15, -0.1) is 0 Å². The molecule has 5 rings (SSSR count). The molecule has 2 aliphatic heterocycles. The molecule has 0 spiro atoms. The highest BCUT2D eigenvalue weighted by Gasteiger charge is 2.50. The molecule has 2 heterocycles. The van der Waals surface area contributed by atoms with Gasteiger partial charge >= 0.3 is 17.9 Å². The number of hydrogen-bond acceptors (Lipinski definition) is 20. The van der Waals surface area contributed by atoms with Crippen LogP contribution in [-0.4, -0.2) is 122 Å². The molecule has 1 saturated heterocycles. The predicted octanol–water partition coefficient (Wildman–Crippen LogP) is -0.885. The number of hydrogen-bond donors (Lipinski definition) is 13. The number of rotatable bonds is 2. The van der Waals surface area contributed by atoms with E-state index in [9.17, 15) is 80.8 Å². The number of aromatic hydroxyl groups is 11. The van der Waals surface area contributed by atoms with Crippen LogP contribution in [0.4, 0.5) is 0 Å². The number of phenolic OH excluding ortho intramolecular Hbond substituents is 11. The zero-order valence-corrected chi connectivity index (χ0v) is 22.9. The lowest BCUT2D eigenvalue weighted by Gasteiger charge is -2.41. The van der Waals surface area contributed by atoms with Gasteiger partial charge < -0.3 is 85.3 Å². The Bertz CT molecular complexity index is 1830. The van der Waals surface area contributed by atoms with Crippen LogP contribution >= 0.6 is 0 Å². The van der Waals surface area contributed by atoms with Crippen LogP contribution < -0.4 is 0 Å². The molecule has 250 valence electrons. The lowest BCUT2D eigenvalue weighted by molar-refractivity contribution is -0.284. The molecule has 0 amide bonds. The fourth-order valence-corrected chi connectivity index (χ4v) is 4.86. The maximum Gasteiger partial charge on any atom is 0.343 e. The first-order valence-electron chi connectivity index (χ1n) is 12.8. The highest BCUT2D eigenvalue weighted by atomic mass is 16.7. The number of carbonyl (C=O) groups is 3. The summed E-state index contributed by atoms with van der Waals surface area (Å²) in [5.74, 6) is -20.6. The molecule has 20 heteroatoms. The molecule has 0 aromatic heterocycles. The number of carbonyl (C=O) groups excluding carboxylic acids is 3. The Morgan fingerprint density at radius 3 is 1.55 bits per heavy atom. The van der Waals surface area contributed by atoms with Crippen molar-refractivity contribution in [2.75, 3.05) is 6.61 Å². The van der Waals surface area contributed by atoms with E-state index in [1.165, 1.54) is 0 Å². The van der Waals surface area contributed by atoms with Crippen molar-refractivity contribution < 1.29 is 99.7 Å². The zero-order chi connectivity index (χ0) is 34.8. The van der Waals surface area contributed by atoms with Crippen molar-refractivity contribution in [3.8, 4) is 74.4 Å². The summed E-state index contributed by atoms with van der Waals surface area (Å²) < 4.78 is 20.5. The first-order chi connectivity index (χ1) is 22.0. The number of esters is 3. The van der Waals surface area contributed by atoms with Crippen LogP contribution in [0.15, 0.2) is 12.1 Å². The SMILES string of the molecule is O=C(OC1OC2COC(=O)c3c(O)c(O)c(O)c(O)c3-c3c(O)c(O)c(O)c(O)c3C(=O)OC(C2O)C1O)c1cc(O)c(O)c(O)c1. The molecule has 5 atom stereocenters. The molecule has 1 fully saturated rings. The van der Waals surface area contributed by atoms with Gasteiger partial charge in [-0.2, -0.15) is 0 Å². The van der Waals surface area contributed by atoms with Gasteiger partial charge in [0.15, 0.2) is 52.5 Å². The van der Waals surface area contributed by atoms with E-state index in [1.54, 1.807) is 0 Å². The van der Waals surface area contributed by atoms with Gasteiger partial charge in [0.05, 0.1) is 16.7 Å². The van der Waals surface area contributed by atoms with Gasteiger partial charge in [-0.05, 0) is 12.1 Å². The summed E-state index contributed by atoms with van der Waals surface area (Å²) in [5, 5.41) is 134. The Kier molecular flexibility index (Phi) is 7.71. The number of cyclic esters (lactones) is 1. The molecule has 20 nitrogen and oxygen atoms in total. The number of aliphatic hydroxyl groups excluding tert-OH is 2. The van der Waals surface area contributed by atoms with E-state index in [0.717, 1.165) is 0 Å². The number of phenols is 11. The van der Waals surface area contributed by atoms with Crippen LogP contribution in [-0.2, 0) is 18.9 Å². The standard InChI is InChI=1S/C27H22O20/c28-5-1-4(2-6(29)12(5)30)24(41)47-27-22(40)23-13(31)7(45-27)3-44-25(42)10-8(14(32)18(36)20(38)16(10)34)9-11(26(43)46-23)17(35)21(39)19(37)15(9)33/h1-2,7,13,22-23,27-40H,3H2. The zero-order valence-electron chi connectivity index (χ0n) is 22.9. The Hall–Kier alpha value is -6.25. The third kappa shape index (κ3) is 4.97. The van der Waals surface area contributed by atoms with Crippen LogP contribution in [0.2, 0.25) is 0 Å². The Morgan fingerprint density at radius 2 is 1.06 bits per heavy atom. The second-order valence-corrected chi connectivity index (χ2v) is 10.0. The molecule has 3 aromatic carbocycles. The van der Waals surface area contributed by atoms with E-state index in [0.29, 0.717) is 12.1 Å². The third-order valence-electron chi connectivity index (χ3n) is 7.24. The van der Waals surface area contributed by atoms with Crippen LogP contribution in [0.5, 0.6) is 63.2 Å². The predicted molar refractivity (Wildman–Crippen MR) is 142 cm³/mol. The molecule has 13 N–H and O–H groups in total. The minimum atomic E-state index is -2.34. The van der Waals surface area contributed by atoms with Gasteiger partial charge in [0.2, 0.25) is 29.3 Å². The van der Waals surface area contributed by atoms with Crippen LogP contribution in [0, 0.1) is 0 Å². The summed E-state index contributed by atoms with van der Waals surface area (Å²) in [6.07, 6.45) is -10.9. The van der Waals surface area contributed by atoms with Crippen molar-refractivity contribution >= 4 is 17.9 Å². The van der Waals surface area contributed by atoms with E-state index >= 15 is 0 Å².